The Bertz CT molecular complexity index is 909. The molecular weight excluding hydrogens is 276 g/mol. The van der Waals surface area contributed by atoms with Crippen LogP contribution in [0.5, 0.6) is 0 Å². The third-order valence-corrected chi connectivity index (χ3v) is 3.32. The van der Waals surface area contributed by atoms with Crippen molar-refractivity contribution in [2.75, 3.05) is 0 Å². The van der Waals surface area contributed by atoms with Crippen LogP contribution in [0.3, 0.4) is 0 Å². The smallest absolute Gasteiger partial charge is 0.114 e. The first-order valence-corrected chi connectivity index (χ1v) is 6.45. The summed E-state index contributed by atoms with van der Waals surface area (Å²) in [7, 11) is 0. The van der Waals surface area contributed by atoms with Crippen molar-refractivity contribution >= 4 is 33.7 Å². The minimum Gasteiger partial charge on any atom is -0.197 e. The van der Waals surface area contributed by atoms with Crippen molar-refractivity contribution < 1.29 is 0 Å². The van der Waals surface area contributed by atoms with Crippen molar-refractivity contribution in [2.24, 2.45) is 0 Å². The molecule has 0 fully saturated rings. The summed E-state index contributed by atoms with van der Waals surface area (Å²) < 4.78 is 0. The zero-order valence-electron chi connectivity index (χ0n) is 10.3. The van der Waals surface area contributed by atoms with Crippen LogP contribution >= 0.6 is 11.6 Å². The summed E-state index contributed by atoms with van der Waals surface area (Å²) in [5, 5.41) is 20.2. The fourth-order valence-electron chi connectivity index (χ4n) is 2.15. The lowest BCUT2D eigenvalue weighted by molar-refractivity contribution is 0.601. The summed E-state index contributed by atoms with van der Waals surface area (Å²) in [6.07, 6.45) is 0. The van der Waals surface area contributed by atoms with Crippen molar-refractivity contribution in [3.63, 3.8) is 0 Å². The van der Waals surface area contributed by atoms with Gasteiger partial charge in [0.1, 0.15) is 22.1 Å². The van der Waals surface area contributed by atoms with E-state index in [2.05, 4.69) is 25.6 Å². The number of fused-ring (bicyclic) bond motifs is 2. The van der Waals surface area contributed by atoms with Gasteiger partial charge >= 0.3 is 0 Å². The van der Waals surface area contributed by atoms with Crippen LogP contribution in [-0.2, 0) is 6.54 Å². The first-order chi connectivity index (χ1) is 9.78. The summed E-state index contributed by atoms with van der Waals surface area (Å²) in [5.74, 6) is 0. The summed E-state index contributed by atoms with van der Waals surface area (Å²) in [6.45, 7) is 0.578. The molecule has 0 bridgehead atoms. The second-order valence-electron chi connectivity index (χ2n) is 4.51. The zero-order valence-corrected chi connectivity index (χ0v) is 11.0. The number of H-pyrrole nitrogens is 1. The summed E-state index contributed by atoms with van der Waals surface area (Å²) in [6, 6.07) is 11.4. The molecule has 0 amide bonds. The van der Waals surface area contributed by atoms with E-state index in [0.29, 0.717) is 11.6 Å². The van der Waals surface area contributed by atoms with Crippen molar-refractivity contribution in [1.82, 2.24) is 30.4 Å². The van der Waals surface area contributed by atoms with Crippen molar-refractivity contribution in [3.05, 3.63) is 47.0 Å². The average molecular weight is 285 g/mol. The maximum Gasteiger partial charge on any atom is 0.114 e. The molecule has 0 saturated carbocycles. The molecule has 0 aliphatic heterocycles. The predicted molar refractivity (Wildman–Crippen MR) is 75.5 cm³/mol. The predicted octanol–water partition coefficient (Wildman–Crippen LogP) is 2.40. The summed E-state index contributed by atoms with van der Waals surface area (Å²) in [4.78, 5) is 1.66. The summed E-state index contributed by atoms with van der Waals surface area (Å²) >= 11 is 5.95. The number of nitrogens with zero attached hydrogens (tertiary/aromatic N) is 5. The first kappa shape index (κ1) is 11.4. The van der Waals surface area contributed by atoms with E-state index in [0.717, 1.165) is 27.6 Å². The maximum absolute atomic E-state index is 5.95. The Morgan fingerprint density at radius 1 is 0.900 bits per heavy atom. The molecule has 0 radical (unpaired) electrons. The fraction of sp³-hybridized carbons (Fsp3) is 0.0769. The quantitative estimate of drug-likeness (QED) is 0.613. The number of hydrogen-bond acceptors (Lipinski definition) is 4. The lowest BCUT2D eigenvalue weighted by Crippen LogP contribution is -2.03. The highest BCUT2D eigenvalue weighted by Crippen LogP contribution is 2.16. The Kier molecular flexibility index (Phi) is 2.43. The maximum atomic E-state index is 5.95. The number of aromatic amines is 1. The second-order valence-corrected chi connectivity index (χ2v) is 4.95. The molecule has 0 atom stereocenters. The molecule has 0 unspecified atom stereocenters. The third kappa shape index (κ3) is 1.90. The fourth-order valence-corrected chi connectivity index (χ4v) is 2.32. The van der Waals surface area contributed by atoms with Gasteiger partial charge in [-0.25, -0.2) is 0 Å². The molecule has 4 rings (SSSR count). The van der Waals surface area contributed by atoms with Crippen molar-refractivity contribution in [2.45, 2.75) is 6.54 Å². The molecule has 7 heteroatoms. The number of aromatic nitrogens is 6. The molecule has 0 spiro atoms. The van der Waals surface area contributed by atoms with E-state index < -0.39 is 0 Å². The number of hydrogen-bond donors (Lipinski definition) is 1. The van der Waals surface area contributed by atoms with Gasteiger partial charge in [0.25, 0.3) is 0 Å². The van der Waals surface area contributed by atoms with E-state index in [9.17, 15) is 0 Å². The molecule has 98 valence electrons. The lowest BCUT2D eigenvalue weighted by Gasteiger charge is -1.99. The minimum absolute atomic E-state index is 0.578. The molecule has 0 aliphatic carbocycles. The molecule has 1 N–H and O–H groups in total. The molecule has 2 heterocycles. The van der Waals surface area contributed by atoms with Gasteiger partial charge < -0.3 is 0 Å². The average Bonchev–Trinajstić information content (AvgIpc) is 3.03. The van der Waals surface area contributed by atoms with Gasteiger partial charge in [-0.2, -0.15) is 30.4 Å². The number of nitrogens with one attached hydrogen (secondary N) is 1. The first-order valence-electron chi connectivity index (χ1n) is 6.08. The van der Waals surface area contributed by atoms with Gasteiger partial charge in [-0.15, -0.1) is 0 Å². The van der Waals surface area contributed by atoms with Gasteiger partial charge in [0.05, 0.1) is 6.54 Å². The number of benzene rings is 2. The van der Waals surface area contributed by atoms with Gasteiger partial charge in [-0.3, -0.25) is 0 Å². The largest absolute Gasteiger partial charge is 0.197 e. The molecule has 2 aromatic heterocycles. The normalized spacial score (nSPS) is 11.4. The van der Waals surface area contributed by atoms with Gasteiger partial charge in [-0.05, 0) is 35.9 Å². The Balaban J connectivity index is 1.72. The standard InChI is InChI=1S/C13H9ClN6/c14-9-2-4-11-13(6-9)18-20(17-11)7-8-1-3-10-12(5-8)16-19-15-10/h1-6H,7H2,(H,15,16,19). The Morgan fingerprint density at radius 3 is 2.65 bits per heavy atom. The summed E-state index contributed by atoms with van der Waals surface area (Å²) in [5.41, 5.74) is 4.37. The van der Waals surface area contributed by atoms with Crippen LogP contribution in [0.25, 0.3) is 22.1 Å². The van der Waals surface area contributed by atoms with E-state index in [4.69, 9.17) is 11.6 Å². The molecule has 20 heavy (non-hydrogen) atoms. The molecule has 0 saturated heterocycles. The molecule has 0 aliphatic rings. The highest BCUT2D eigenvalue weighted by Gasteiger charge is 2.05. The Morgan fingerprint density at radius 2 is 1.70 bits per heavy atom. The number of halogens is 1. The van der Waals surface area contributed by atoms with Crippen molar-refractivity contribution in [3.8, 4) is 0 Å². The Hall–Kier alpha value is -2.47. The van der Waals surface area contributed by atoms with E-state index in [1.54, 1.807) is 10.9 Å². The van der Waals surface area contributed by atoms with Crippen molar-refractivity contribution in [1.29, 1.82) is 0 Å². The molecular formula is C13H9ClN6. The van der Waals surface area contributed by atoms with Crippen LogP contribution in [-0.4, -0.2) is 30.4 Å². The van der Waals surface area contributed by atoms with Crippen LogP contribution in [0.1, 0.15) is 5.56 Å². The van der Waals surface area contributed by atoms with Crippen LogP contribution in [0.2, 0.25) is 5.02 Å². The third-order valence-electron chi connectivity index (χ3n) is 3.09. The molecule has 6 nitrogen and oxygen atoms in total. The van der Waals surface area contributed by atoms with Crippen LogP contribution < -0.4 is 0 Å². The van der Waals surface area contributed by atoms with Gasteiger partial charge in [0, 0.05) is 5.02 Å². The highest BCUT2D eigenvalue weighted by molar-refractivity contribution is 6.31. The van der Waals surface area contributed by atoms with Crippen LogP contribution in [0.15, 0.2) is 36.4 Å². The molecule has 2 aromatic carbocycles. The van der Waals surface area contributed by atoms with E-state index in [1.165, 1.54) is 0 Å². The number of rotatable bonds is 2. The van der Waals surface area contributed by atoms with E-state index in [-0.39, 0.29) is 0 Å². The lowest BCUT2D eigenvalue weighted by atomic mass is 10.2. The van der Waals surface area contributed by atoms with Gasteiger partial charge in [-0.1, -0.05) is 17.7 Å². The van der Waals surface area contributed by atoms with Gasteiger partial charge in [0.2, 0.25) is 0 Å². The van der Waals surface area contributed by atoms with Gasteiger partial charge in [0.15, 0.2) is 0 Å². The topological polar surface area (TPSA) is 72.3 Å². The van der Waals surface area contributed by atoms with E-state index >= 15 is 0 Å². The second kappa shape index (κ2) is 4.28. The Labute approximate surface area is 118 Å². The highest BCUT2D eigenvalue weighted by atomic mass is 35.5. The zero-order chi connectivity index (χ0) is 13.5. The monoisotopic (exact) mass is 284 g/mol. The molecule has 4 aromatic rings. The van der Waals surface area contributed by atoms with Crippen LogP contribution in [0, 0.1) is 0 Å². The van der Waals surface area contributed by atoms with E-state index in [1.807, 2.05) is 30.3 Å². The van der Waals surface area contributed by atoms with Crippen LogP contribution in [0.4, 0.5) is 0 Å². The minimum atomic E-state index is 0.578. The SMILES string of the molecule is Clc1ccc2nn(Cc3ccc4n[nH]nc4c3)nc2c1.